The van der Waals surface area contributed by atoms with Crippen molar-refractivity contribution in [2.45, 2.75) is 248 Å². The Kier molecular flexibility index (Phi) is 19.4. The Balaban J connectivity index is 1.05. The molecule has 0 radical (unpaired) electrons. The molecule has 0 aromatic heterocycles. The maximum Gasteiger partial charge on any atom is 0.335 e. The van der Waals surface area contributed by atoms with Crippen LogP contribution in [0.25, 0.3) is 0 Å². The van der Waals surface area contributed by atoms with Crippen LogP contribution in [0.5, 0.6) is 0 Å². The molecule has 4 saturated heterocycles. The minimum absolute atomic E-state index is 0.110. The summed E-state index contributed by atoms with van der Waals surface area (Å²) in [4.78, 5) is 26.6. The van der Waals surface area contributed by atoms with Gasteiger partial charge in [-0.15, -0.1) is 0 Å². The highest BCUT2D eigenvalue weighted by atomic mass is 16.8. The van der Waals surface area contributed by atoms with Gasteiger partial charge >= 0.3 is 11.9 Å². The number of allylic oxidation sites excluding steroid dienone is 3. The van der Waals surface area contributed by atoms with Gasteiger partial charge in [0.1, 0.15) is 85.5 Å². The zero-order valence-corrected chi connectivity index (χ0v) is 49.3. The monoisotopic (exact) mass is 1220 g/mol. The van der Waals surface area contributed by atoms with Gasteiger partial charge < -0.3 is 124 Å². The lowest BCUT2D eigenvalue weighted by Crippen LogP contribution is -2.72. The Bertz CT molecular complexity index is 2440. The molecule has 0 aromatic carbocycles. The Morgan fingerprint density at radius 3 is 1.82 bits per heavy atom. The lowest BCUT2D eigenvalue weighted by molar-refractivity contribution is -0.408. The number of aliphatic hydroxyl groups excluding tert-OH is 15. The third-order valence-electron chi connectivity index (χ3n) is 22.5. The van der Waals surface area contributed by atoms with Crippen LogP contribution in [0.2, 0.25) is 0 Å². The van der Waals surface area contributed by atoms with Crippen molar-refractivity contribution in [2.75, 3.05) is 26.4 Å². The molecule has 16 N–H and O–H groups in total. The maximum atomic E-state index is 13.5. The molecule has 0 spiro atoms. The number of rotatable bonds is 15. The second kappa shape index (κ2) is 24.6. The Labute approximate surface area is 492 Å². The van der Waals surface area contributed by atoms with E-state index in [1.807, 2.05) is 20.8 Å². The Morgan fingerprint density at radius 1 is 0.659 bits per heavy atom. The predicted molar refractivity (Wildman–Crippen MR) is 286 cm³/mol. The number of fused-ring (bicyclic) bond motifs is 7. The molecule has 4 aliphatic heterocycles. The van der Waals surface area contributed by atoms with Gasteiger partial charge in [-0.05, 0) is 98.2 Å². The van der Waals surface area contributed by atoms with Gasteiger partial charge in [0.05, 0.1) is 50.2 Å². The van der Waals surface area contributed by atoms with Gasteiger partial charge in [-0.25, -0.2) is 9.59 Å². The summed E-state index contributed by atoms with van der Waals surface area (Å²) in [5.74, 6) is -3.39. The van der Waals surface area contributed by atoms with Gasteiger partial charge in [0.15, 0.2) is 37.6 Å². The predicted octanol–water partition coefficient (Wildman–Crippen LogP) is -3.08. The van der Waals surface area contributed by atoms with Crippen LogP contribution in [0.3, 0.4) is 0 Å². The number of hydrogen-bond acceptors (Lipinski definition) is 26. The summed E-state index contributed by atoms with van der Waals surface area (Å²) in [7, 11) is 0. The van der Waals surface area contributed by atoms with Gasteiger partial charge in [-0.2, -0.15) is 0 Å². The van der Waals surface area contributed by atoms with Gasteiger partial charge in [-0.3, -0.25) is 0 Å². The molecule has 9 aliphatic rings. The standard InChI is InChI=1S/C58H92O27/c1-9-23(2)47(75)84-45-44(72)53(3,4)17-25-24-10-11-31-54(5)14-13-33(55(6,21-61)30(54)12-15-56(31,7)57(24,8)18-32(64)58(25,45)22-62)80-52-43(83-51-39(70)37(68)35(66)29(20-60)79-51)41(40(71)42(82-52)46(73)74)81-49-27(16-26(63)48(76)85-49)77-50-38(69)36(67)34(65)28(19-59)78-50/h9-10,25-45,48-52,59-72,76H,11-22H2,1-8H3,(H,73,74)/b23-9-/t25-,26+,27+,28+,29+,30+,31+,32+,33-,34+,35-,36-,37-,38+,39+,40-,41-,42-,43+,44-,45-,48-,49+,50+,51-,52+,54-,55-,56+,57+,58-/m0/s1. The molecule has 0 unspecified atom stereocenters. The van der Waals surface area contributed by atoms with Crippen molar-refractivity contribution in [3.8, 4) is 0 Å². The van der Waals surface area contributed by atoms with Gasteiger partial charge in [0.25, 0.3) is 0 Å². The number of carbonyl (C=O) groups excluding carboxylic acids is 1. The number of aliphatic carboxylic acids is 1. The number of carboxylic acid groups (broad SMARTS) is 1. The van der Waals surface area contributed by atoms with Crippen LogP contribution in [-0.2, 0) is 52.2 Å². The fourth-order valence-corrected chi connectivity index (χ4v) is 17.1. The second-order valence-corrected chi connectivity index (χ2v) is 27.3. The van der Waals surface area contributed by atoms with E-state index in [-0.39, 0.29) is 24.7 Å². The van der Waals surface area contributed by atoms with Gasteiger partial charge in [0, 0.05) is 17.4 Å². The number of carboxylic acids is 1. The molecule has 9 rings (SSSR count). The summed E-state index contributed by atoms with van der Waals surface area (Å²) in [5.41, 5.74) is -3.96. The summed E-state index contributed by atoms with van der Waals surface area (Å²) in [6.45, 7) is 12.6. The molecule has 0 aromatic rings. The Morgan fingerprint density at radius 2 is 1.26 bits per heavy atom. The van der Waals surface area contributed by atoms with Crippen LogP contribution in [0.1, 0.15) is 107 Å². The Hall–Kier alpha value is -2.50. The highest BCUT2D eigenvalue weighted by Crippen LogP contribution is 2.76. The van der Waals surface area contributed by atoms with Crippen molar-refractivity contribution >= 4 is 11.9 Å². The first kappa shape index (κ1) is 66.9. The lowest BCUT2D eigenvalue weighted by Gasteiger charge is -2.72. The first-order valence-corrected chi connectivity index (χ1v) is 29.7. The molecule has 4 saturated carbocycles. The molecule has 8 fully saturated rings. The van der Waals surface area contributed by atoms with Crippen molar-refractivity contribution in [3.63, 3.8) is 0 Å². The van der Waals surface area contributed by atoms with Gasteiger partial charge in [0.2, 0.25) is 0 Å². The van der Waals surface area contributed by atoms with E-state index in [1.54, 1.807) is 19.9 Å². The van der Waals surface area contributed by atoms with E-state index >= 15 is 0 Å². The fraction of sp³-hybridized carbons (Fsp3) is 0.897. The van der Waals surface area contributed by atoms with E-state index in [0.29, 0.717) is 37.7 Å². The minimum Gasteiger partial charge on any atom is -0.479 e. The molecule has 27 nitrogen and oxygen atoms in total. The molecule has 486 valence electrons. The molecule has 85 heavy (non-hydrogen) atoms. The summed E-state index contributed by atoms with van der Waals surface area (Å²) < 4.78 is 54.6. The number of hydrogen-bond donors (Lipinski definition) is 16. The van der Waals surface area contributed by atoms with Crippen molar-refractivity contribution in [3.05, 3.63) is 23.3 Å². The molecule has 0 bridgehead atoms. The second-order valence-electron chi connectivity index (χ2n) is 27.3. The first-order chi connectivity index (χ1) is 39.8. The zero-order valence-electron chi connectivity index (χ0n) is 49.3. The van der Waals surface area contributed by atoms with Gasteiger partial charge in [-0.1, -0.05) is 59.3 Å². The average Bonchev–Trinajstić information content (AvgIpc) is 0.680. The molecule has 4 heterocycles. The number of carbonyl (C=O) groups is 2. The van der Waals surface area contributed by atoms with Crippen molar-refractivity contribution in [1.29, 1.82) is 0 Å². The van der Waals surface area contributed by atoms with Crippen molar-refractivity contribution in [1.82, 2.24) is 0 Å². The van der Waals surface area contributed by atoms with Crippen LogP contribution >= 0.6 is 0 Å². The first-order valence-electron chi connectivity index (χ1n) is 29.7. The van der Waals surface area contributed by atoms with Crippen molar-refractivity contribution in [2.24, 2.45) is 50.2 Å². The number of esters is 1. The largest absolute Gasteiger partial charge is 0.479 e. The maximum absolute atomic E-state index is 13.5. The van der Waals surface area contributed by atoms with E-state index in [9.17, 15) is 91.3 Å². The zero-order chi connectivity index (χ0) is 62.6. The van der Waals surface area contributed by atoms with E-state index < -0.39 is 225 Å². The molecule has 31 atom stereocenters. The number of aliphatic hydroxyl groups is 15. The smallest absolute Gasteiger partial charge is 0.335 e. The highest BCUT2D eigenvalue weighted by molar-refractivity contribution is 5.87. The van der Waals surface area contributed by atoms with Crippen LogP contribution in [0.4, 0.5) is 0 Å². The normalized spacial score (nSPS) is 52.6. The number of ether oxygens (including phenoxy) is 9. The molecule has 27 heteroatoms. The van der Waals surface area contributed by atoms with Crippen LogP contribution < -0.4 is 0 Å². The third-order valence-corrected chi connectivity index (χ3v) is 22.5. The summed E-state index contributed by atoms with van der Waals surface area (Å²) in [6, 6.07) is 0. The summed E-state index contributed by atoms with van der Waals surface area (Å²) in [6.07, 6.45) is -35.4. The minimum atomic E-state index is -2.29. The van der Waals surface area contributed by atoms with E-state index in [2.05, 4.69) is 26.8 Å². The quantitative estimate of drug-likeness (QED) is 0.0335. The highest BCUT2D eigenvalue weighted by Gasteiger charge is 2.74. The topological polar surface area (TPSA) is 441 Å². The van der Waals surface area contributed by atoms with E-state index in [4.69, 9.17) is 42.6 Å². The van der Waals surface area contributed by atoms with Crippen molar-refractivity contribution < 1.29 is 134 Å². The van der Waals surface area contributed by atoms with Crippen LogP contribution in [-0.4, -0.2) is 261 Å². The third kappa shape index (κ3) is 10.9. The molecule has 0 amide bonds. The average molecular weight is 1220 g/mol. The van der Waals surface area contributed by atoms with E-state index in [0.717, 1.165) is 5.57 Å². The molecule has 5 aliphatic carbocycles. The molecular weight excluding hydrogens is 1130 g/mol. The van der Waals surface area contributed by atoms with Crippen LogP contribution in [0, 0.1) is 50.2 Å². The SMILES string of the molecule is C/C=C(/C)C(=O)O[C@H]1[C@H](O)C(C)(C)C[C@H]2C3=CC[C@@H]4[C@@]5(C)CC[C@H](O[C@@H]6O[C@H](C(=O)O)[C@@H](O)[C@H](O[C@@H]7O[C@H](O)[C@H](O)C[C@H]7O[C@@H]7O[C@H](CO)[C@@H](O)[C@H](O)[C@H]7O)[C@H]6O[C@@H]6O[C@H](CO)[C@H](O)[C@H](O)[C@H]6O)[C@@](C)(CO)[C@@H]5CC[C@@]4(C)[C@]3(C)C[C@@H](O)[C@]21CO. The van der Waals surface area contributed by atoms with Crippen LogP contribution in [0.15, 0.2) is 23.3 Å². The van der Waals surface area contributed by atoms with E-state index in [1.165, 1.54) is 0 Å². The molecular formula is C58H92O27. The summed E-state index contributed by atoms with van der Waals surface area (Å²) >= 11 is 0. The lowest BCUT2D eigenvalue weighted by atomic mass is 9.33. The fourth-order valence-electron chi connectivity index (χ4n) is 17.1. The summed E-state index contributed by atoms with van der Waals surface area (Å²) in [5, 5.41) is 177.